The highest BCUT2D eigenvalue weighted by Gasteiger charge is 2.31. The minimum absolute atomic E-state index is 0.0259. The van der Waals surface area contributed by atoms with E-state index >= 15 is 0 Å². The summed E-state index contributed by atoms with van der Waals surface area (Å²) in [4.78, 5) is 3.94. The number of hydrogen-bond donors (Lipinski definition) is 0. The molecule has 0 aliphatic carbocycles. The van der Waals surface area contributed by atoms with E-state index in [0.717, 1.165) is 0 Å². The molecule has 0 saturated carbocycles. The largest absolute Gasteiger partial charge is 0.329 e. The third kappa shape index (κ3) is 2.70. The van der Waals surface area contributed by atoms with E-state index in [2.05, 4.69) is 4.98 Å². The summed E-state index contributed by atoms with van der Waals surface area (Å²) in [6.07, 6.45) is 2.32. The van der Waals surface area contributed by atoms with Crippen molar-refractivity contribution in [1.82, 2.24) is 9.55 Å². The van der Waals surface area contributed by atoms with Crippen molar-refractivity contribution in [3.8, 4) is 0 Å². The molecule has 0 bridgehead atoms. The van der Waals surface area contributed by atoms with Crippen LogP contribution in [0.25, 0.3) is 0 Å². The van der Waals surface area contributed by atoms with E-state index < -0.39 is 18.9 Å². The second-order valence-electron chi connectivity index (χ2n) is 4.25. The van der Waals surface area contributed by atoms with E-state index in [1.165, 1.54) is 6.20 Å². The fourth-order valence-electron chi connectivity index (χ4n) is 2.10. The van der Waals surface area contributed by atoms with Crippen LogP contribution in [0.15, 0.2) is 11.2 Å². The third-order valence-corrected chi connectivity index (χ3v) is 5.88. The van der Waals surface area contributed by atoms with Crippen LogP contribution in [0.1, 0.15) is 25.2 Å². The zero-order chi connectivity index (χ0) is 13.6. The zero-order valence-corrected chi connectivity index (χ0v) is 12.1. The number of halogens is 1. The van der Waals surface area contributed by atoms with E-state index in [4.69, 9.17) is 10.7 Å². The van der Waals surface area contributed by atoms with Crippen LogP contribution in [-0.4, -0.2) is 37.9 Å². The van der Waals surface area contributed by atoms with Crippen LogP contribution in [0.2, 0.25) is 0 Å². The maximum atomic E-state index is 11.4. The van der Waals surface area contributed by atoms with Crippen molar-refractivity contribution in [3.05, 3.63) is 12.0 Å². The van der Waals surface area contributed by atoms with Gasteiger partial charge in [-0.05, 0) is 6.42 Å². The lowest BCUT2D eigenvalue weighted by atomic mass is 10.2. The molecule has 102 valence electrons. The molecule has 1 aliphatic heterocycles. The number of sulfone groups is 1. The van der Waals surface area contributed by atoms with Gasteiger partial charge in [0.15, 0.2) is 14.9 Å². The molecule has 0 spiro atoms. The monoisotopic (exact) mass is 312 g/mol. The Morgan fingerprint density at radius 3 is 2.67 bits per heavy atom. The Balaban J connectivity index is 2.42. The van der Waals surface area contributed by atoms with Crippen LogP contribution in [0.5, 0.6) is 0 Å². The Bertz CT molecular complexity index is 663. The first-order valence-electron chi connectivity index (χ1n) is 5.46. The molecule has 0 radical (unpaired) electrons. The lowest BCUT2D eigenvalue weighted by molar-refractivity contribution is 0.533. The first-order valence-corrected chi connectivity index (χ1v) is 9.59. The summed E-state index contributed by atoms with van der Waals surface area (Å²) in [6, 6.07) is -0.246. The average Bonchev–Trinajstić information content (AvgIpc) is 2.79. The standard InChI is InChI=1S/C9H13ClN2O4S2/c1-2-8-11-9(18(10,15)16)5-12(8)7-3-4-17(13,14)6-7/h5,7H,2-4,6H2,1H3. The fourth-order valence-corrected chi connectivity index (χ4v) is 4.49. The molecule has 0 amide bonds. The van der Waals surface area contributed by atoms with Gasteiger partial charge in [0.2, 0.25) is 0 Å². The number of nitrogens with zero attached hydrogens (tertiary/aromatic N) is 2. The van der Waals surface area contributed by atoms with Gasteiger partial charge in [0.25, 0.3) is 9.05 Å². The number of imidazole rings is 1. The second kappa shape index (κ2) is 4.50. The number of aryl methyl sites for hydroxylation is 1. The van der Waals surface area contributed by atoms with Gasteiger partial charge in [0, 0.05) is 29.3 Å². The summed E-state index contributed by atoms with van der Waals surface area (Å²) >= 11 is 0. The van der Waals surface area contributed by atoms with Gasteiger partial charge in [-0.3, -0.25) is 0 Å². The Hall–Kier alpha value is -0.600. The van der Waals surface area contributed by atoms with E-state index in [1.54, 1.807) is 4.57 Å². The Morgan fingerprint density at radius 2 is 2.22 bits per heavy atom. The molecule has 1 aliphatic rings. The van der Waals surface area contributed by atoms with Crippen molar-refractivity contribution in [3.63, 3.8) is 0 Å². The van der Waals surface area contributed by atoms with Crippen LogP contribution >= 0.6 is 10.7 Å². The van der Waals surface area contributed by atoms with Gasteiger partial charge in [-0.2, -0.15) is 0 Å². The molecule has 1 fully saturated rings. The maximum absolute atomic E-state index is 11.4. The van der Waals surface area contributed by atoms with Crippen molar-refractivity contribution >= 4 is 29.6 Å². The van der Waals surface area contributed by atoms with Gasteiger partial charge in [-0.1, -0.05) is 6.92 Å². The molecular weight excluding hydrogens is 300 g/mol. The topological polar surface area (TPSA) is 86.1 Å². The highest BCUT2D eigenvalue weighted by molar-refractivity contribution is 8.13. The molecule has 18 heavy (non-hydrogen) atoms. The van der Waals surface area contributed by atoms with Gasteiger partial charge in [0.1, 0.15) is 5.82 Å². The van der Waals surface area contributed by atoms with Crippen molar-refractivity contribution in [2.45, 2.75) is 30.8 Å². The lowest BCUT2D eigenvalue weighted by Crippen LogP contribution is -2.12. The molecule has 1 atom stereocenters. The van der Waals surface area contributed by atoms with Crippen LogP contribution in [0, 0.1) is 0 Å². The van der Waals surface area contributed by atoms with E-state index in [1.807, 2.05) is 6.92 Å². The molecular formula is C9H13ClN2O4S2. The van der Waals surface area contributed by atoms with Crippen LogP contribution < -0.4 is 0 Å². The Morgan fingerprint density at radius 1 is 1.56 bits per heavy atom. The van der Waals surface area contributed by atoms with Crippen LogP contribution in [0.3, 0.4) is 0 Å². The Kier molecular flexibility index (Phi) is 3.46. The molecule has 9 heteroatoms. The minimum Gasteiger partial charge on any atom is -0.329 e. The van der Waals surface area contributed by atoms with Gasteiger partial charge in [-0.15, -0.1) is 0 Å². The zero-order valence-electron chi connectivity index (χ0n) is 9.71. The smallest absolute Gasteiger partial charge is 0.280 e. The summed E-state index contributed by atoms with van der Waals surface area (Å²) in [6.45, 7) is 1.83. The average molecular weight is 313 g/mol. The van der Waals surface area contributed by atoms with Crippen LogP contribution in [0.4, 0.5) is 0 Å². The van der Waals surface area contributed by atoms with Crippen LogP contribution in [-0.2, 0) is 25.3 Å². The quantitative estimate of drug-likeness (QED) is 0.768. The molecule has 1 aromatic rings. The Labute approximate surface area is 110 Å². The van der Waals surface area contributed by atoms with E-state index in [0.29, 0.717) is 18.7 Å². The number of rotatable bonds is 3. The first kappa shape index (κ1) is 13.8. The van der Waals surface area contributed by atoms with Gasteiger partial charge >= 0.3 is 0 Å². The van der Waals surface area contributed by atoms with Crippen molar-refractivity contribution in [2.75, 3.05) is 11.5 Å². The minimum atomic E-state index is -3.88. The van der Waals surface area contributed by atoms with Crippen molar-refractivity contribution < 1.29 is 16.8 Å². The molecule has 0 aromatic carbocycles. The van der Waals surface area contributed by atoms with E-state index in [9.17, 15) is 16.8 Å². The highest BCUT2D eigenvalue weighted by Crippen LogP contribution is 2.27. The number of hydrogen-bond acceptors (Lipinski definition) is 5. The summed E-state index contributed by atoms with van der Waals surface area (Å²) in [7, 11) is -1.67. The molecule has 1 unspecified atom stereocenters. The SMILES string of the molecule is CCc1nc(S(=O)(=O)Cl)cn1C1CCS(=O)(=O)C1. The van der Waals surface area contributed by atoms with E-state index in [-0.39, 0.29) is 22.6 Å². The molecule has 2 heterocycles. The third-order valence-electron chi connectivity index (χ3n) is 2.95. The van der Waals surface area contributed by atoms with Gasteiger partial charge in [-0.25, -0.2) is 21.8 Å². The summed E-state index contributed by atoms with van der Waals surface area (Å²) < 4.78 is 47.0. The maximum Gasteiger partial charge on any atom is 0.280 e. The van der Waals surface area contributed by atoms with Gasteiger partial charge < -0.3 is 4.57 Å². The summed E-state index contributed by atoms with van der Waals surface area (Å²) in [5.74, 6) is 0.691. The lowest BCUT2D eigenvalue weighted by Gasteiger charge is -2.12. The molecule has 0 N–H and O–H groups in total. The molecule has 2 rings (SSSR count). The summed E-state index contributed by atoms with van der Waals surface area (Å²) in [5.41, 5.74) is 0. The molecule has 1 aromatic heterocycles. The normalized spacial score (nSPS) is 23.3. The number of aromatic nitrogens is 2. The van der Waals surface area contributed by atoms with Gasteiger partial charge in [0.05, 0.1) is 11.5 Å². The van der Waals surface area contributed by atoms with Crippen molar-refractivity contribution in [2.24, 2.45) is 0 Å². The fraction of sp³-hybridized carbons (Fsp3) is 0.667. The molecule has 6 nitrogen and oxygen atoms in total. The van der Waals surface area contributed by atoms with Crippen molar-refractivity contribution in [1.29, 1.82) is 0 Å². The molecule has 1 saturated heterocycles. The first-order chi connectivity index (χ1) is 8.23. The predicted molar refractivity (Wildman–Crippen MR) is 67.0 cm³/mol. The predicted octanol–water partition coefficient (Wildman–Crippen LogP) is 0.733. The second-order valence-corrected chi connectivity index (χ2v) is 8.99. The highest BCUT2D eigenvalue weighted by atomic mass is 35.7. The summed E-state index contributed by atoms with van der Waals surface area (Å²) in [5, 5.41) is -0.217.